The maximum absolute atomic E-state index is 5.96. The van der Waals surface area contributed by atoms with Gasteiger partial charge in [0.2, 0.25) is 0 Å². The number of benzene rings is 1. The summed E-state index contributed by atoms with van der Waals surface area (Å²) < 4.78 is 0. The molecule has 2 heterocycles. The predicted octanol–water partition coefficient (Wildman–Crippen LogP) is 3.83. The van der Waals surface area contributed by atoms with Crippen LogP contribution in [-0.2, 0) is 0 Å². The van der Waals surface area contributed by atoms with E-state index in [1.54, 1.807) is 6.20 Å². The van der Waals surface area contributed by atoms with Crippen molar-refractivity contribution in [3.05, 3.63) is 46.6 Å². The number of nitrogens with zero attached hydrogens (tertiary/aromatic N) is 3. The van der Waals surface area contributed by atoms with Gasteiger partial charge in [0.1, 0.15) is 16.8 Å². The minimum absolute atomic E-state index is 0.0612. The standard InChI is InChI=1S/C13H11Cl2N5/c1-7(17-12-6-16-5-11(15)20-12)13-18-9-3-2-8(14)4-10(9)19-13/h2-7H,1H3,(H,17,20)(H,18,19). The molecule has 0 bridgehead atoms. The average Bonchev–Trinajstić information content (AvgIpc) is 2.81. The van der Waals surface area contributed by atoms with Gasteiger partial charge in [-0.3, -0.25) is 4.98 Å². The van der Waals surface area contributed by atoms with Gasteiger partial charge in [0, 0.05) is 5.02 Å². The molecule has 0 amide bonds. The van der Waals surface area contributed by atoms with Gasteiger partial charge >= 0.3 is 0 Å². The monoisotopic (exact) mass is 307 g/mol. The van der Waals surface area contributed by atoms with Gasteiger partial charge in [0.05, 0.1) is 29.5 Å². The largest absolute Gasteiger partial charge is 0.359 e. The summed E-state index contributed by atoms with van der Waals surface area (Å²) in [6.45, 7) is 1.97. The van der Waals surface area contributed by atoms with Gasteiger partial charge < -0.3 is 10.3 Å². The second kappa shape index (κ2) is 5.26. The molecule has 0 aliphatic carbocycles. The lowest BCUT2D eigenvalue weighted by Crippen LogP contribution is -2.09. The summed E-state index contributed by atoms with van der Waals surface area (Å²) in [5.74, 6) is 1.40. The summed E-state index contributed by atoms with van der Waals surface area (Å²) >= 11 is 11.8. The molecule has 1 aromatic carbocycles. The molecule has 20 heavy (non-hydrogen) atoms. The van der Waals surface area contributed by atoms with E-state index in [0.717, 1.165) is 16.9 Å². The predicted molar refractivity (Wildman–Crippen MR) is 80.2 cm³/mol. The third kappa shape index (κ3) is 2.69. The first-order valence-corrected chi connectivity index (χ1v) is 6.76. The van der Waals surface area contributed by atoms with E-state index < -0.39 is 0 Å². The number of anilines is 1. The minimum atomic E-state index is -0.0612. The van der Waals surface area contributed by atoms with Crippen molar-refractivity contribution >= 4 is 40.1 Å². The third-order valence-electron chi connectivity index (χ3n) is 2.84. The van der Waals surface area contributed by atoms with Crippen molar-refractivity contribution in [2.45, 2.75) is 13.0 Å². The topological polar surface area (TPSA) is 66.5 Å². The van der Waals surface area contributed by atoms with E-state index in [0.29, 0.717) is 16.0 Å². The molecule has 1 unspecified atom stereocenters. The molecule has 5 nitrogen and oxygen atoms in total. The van der Waals surface area contributed by atoms with Crippen molar-refractivity contribution in [3.8, 4) is 0 Å². The molecule has 0 spiro atoms. The second-order valence-corrected chi connectivity index (χ2v) is 5.20. The van der Waals surface area contributed by atoms with Crippen LogP contribution in [0.15, 0.2) is 30.6 Å². The Hall–Kier alpha value is -1.85. The first-order chi connectivity index (χ1) is 9.61. The molecule has 7 heteroatoms. The number of fused-ring (bicyclic) bond motifs is 1. The van der Waals surface area contributed by atoms with Crippen molar-refractivity contribution in [1.29, 1.82) is 0 Å². The number of aromatic nitrogens is 4. The second-order valence-electron chi connectivity index (χ2n) is 4.38. The number of hydrogen-bond acceptors (Lipinski definition) is 4. The van der Waals surface area contributed by atoms with Crippen LogP contribution in [0.25, 0.3) is 11.0 Å². The average molecular weight is 308 g/mol. The molecule has 0 radical (unpaired) electrons. The Kier molecular flexibility index (Phi) is 3.46. The van der Waals surface area contributed by atoms with Crippen molar-refractivity contribution in [2.75, 3.05) is 5.32 Å². The summed E-state index contributed by atoms with van der Waals surface area (Å²) in [5, 5.41) is 4.21. The molecule has 2 N–H and O–H groups in total. The molecule has 0 saturated carbocycles. The summed E-state index contributed by atoms with van der Waals surface area (Å²) in [6.07, 6.45) is 3.10. The molecule has 102 valence electrons. The van der Waals surface area contributed by atoms with E-state index in [1.807, 2.05) is 25.1 Å². The maximum Gasteiger partial charge on any atom is 0.149 e. The zero-order valence-corrected chi connectivity index (χ0v) is 12.1. The SMILES string of the molecule is CC(Nc1cncc(Cl)n1)c1nc2ccc(Cl)cc2[nH]1. The van der Waals surface area contributed by atoms with Gasteiger partial charge in [0.15, 0.2) is 0 Å². The fraction of sp³-hybridized carbons (Fsp3) is 0.154. The van der Waals surface area contributed by atoms with Crippen molar-refractivity contribution in [1.82, 2.24) is 19.9 Å². The highest BCUT2D eigenvalue weighted by atomic mass is 35.5. The Morgan fingerprint density at radius 3 is 2.85 bits per heavy atom. The number of halogens is 2. The number of imidazole rings is 1. The number of nitrogens with one attached hydrogen (secondary N) is 2. The Morgan fingerprint density at radius 1 is 1.20 bits per heavy atom. The zero-order chi connectivity index (χ0) is 14.1. The molecule has 1 atom stereocenters. The maximum atomic E-state index is 5.96. The van der Waals surface area contributed by atoms with Gasteiger partial charge in [-0.2, -0.15) is 0 Å². The van der Waals surface area contributed by atoms with Gasteiger partial charge in [-0.1, -0.05) is 23.2 Å². The van der Waals surface area contributed by atoms with Gasteiger partial charge in [0.25, 0.3) is 0 Å². The molecular weight excluding hydrogens is 297 g/mol. The first kappa shape index (κ1) is 13.1. The van der Waals surface area contributed by atoms with Crippen LogP contribution in [0.4, 0.5) is 5.82 Å². The Balaban J connectivity index is 1.86. The van der Waals surface area contributed by atoms with E-state index in [4.69, 9.17) is 23.2 Å². The Bertz CT molecular complexity index is 755. The molecule has 0 saturated heterocycles. The first-order valence-electron chi connectivity index (χ1n) is 6.01. The molecule has 3 rings (SSSR count). The lowest BCUT2D eigenvalue weighted by atomic mass is 10.3. The van der Waals surface area contributed by atoms with Crippen LogP contribution in [0, 0.1) is 0 Å². The lowest BCUT2D eigenvalue weighted by molar-refractivity contribution is 0.807. The number of hydrogen-bond donors (Lipinski definition) is 2. The van der Waals surface area contributed by atoms with Crippen molar-refractivity contribution in [2.24, 2.45) is 0 Å². The van der Waals surface area contributed by atoms with Crippen LogP contribution in [0.5, 0.6) is 0 Å². The van der Waals surface area contributed by atoms with Crippen LogP contribution in [-0.4, -0.2) is 19.9 Å². The van der Waals surface area contributed by atoms with Crippen LogP contribution in [0.3, 0.4) is 0 Å². The highest BCUT2D eigenvalue weighted by Crippen LogP contribution is 2.21. The summed E-state index contributed by atoms with van der Waals surface area (Å²) in [5.41, 5.74) is 1.77. The van der Waals surface area contributed by atoms with E-state index in [2.05, 4.69) is 25.3 Å². The van der Waals surface area contributed by atoms with Crippen molar-refractivity contribution in [3.63, 3.8) is 0 Å². The number of rotatable bonds is 3. The smallest absolute Gasteiger partial charge is 0.149 e. The van der Waals surface area contributed by atoms with E-state index in [9.17, 15) is 0 Å². The molecule has 2 aromatic heterocycles. The van der Waals surface area contributed by atoms with Crippen molar-refractivity contribution < 1.29 is 0 Å². The zero-order valence-electron chi connectivity index (χ0n) is 10.6. The van der Waals surface area contributed by atoms with E-state index in [-0.39, 0.29) is 6.04 Å². The molecular formula is C13H11Cl2N5. The molecule has 3 aromatic rings. The fourth-order valence-electron chi connectivity index (χ4n) is 1.91. The van der Waals surface area contributed by atoms with Crippen LogP contribution in [0.2, 0.25) is 10.2 Å². The highest BCUT2D eigenvalue weighted by Gasteiger charge is 2.11. The van der Waals surface area contributed by atoms with Gasteiger partial charge in [-0.25, -0.2) is 9.97 Å². The van der Waals surface area contributed by atoms with Gasteiger partial charge in [-0.15, -0.1) is 0 Å². The van der Waals surface area contributed by atoms with E-state index in [1.165, 1.54) is 6.20 Å². The quantitative estimate of drug-likeness (QED) is 0.771. The number of aromatic amines is 1. The normalized spacial score (nSPS) is 12.6. The summed E-state index contributed by atoms with van der Waals surface area (Å²) in [7, 11) is 0. The third-order valence-corrected chi connectivity index (χ3v) is 3.26. The van der Waals surface area contributed by atoms with Crippen LogP contribution >= 0.6 is 23.2 Å². The number of H-pyrrole nitrogens is 1. The van der Waals surface area contributed by atoms with Crippen LogP contribution < -0.4 is 5.32 Å². The fourth-order valence-corrected chi connectivity index (χ4v) is 2.23. The van der Waals surface area contributed by atoms with E-state index >= 15 is 0 Å². The minimum Gasteiger partial charge on any atom is -0.359 e. The molecule has 0 aliphatic heterocycles. The molecule has 0 fully saturated rings. The molecule has 0 aliphatic rings. The lowest BCUT2D eigenvalue weighted by Gasteiger charge is -2.11. The Morgan fingerprint density at radius 2 is 2.05 bits per heavy atom. The van der Waals surface area contributed by atoms with Crippen LogP contribution in [0.1, 0.15) is 18.8 Å². The summed E-state index contributed by atoms with van der Waals surface area (Å²) in [4.78, 5) is 15.9. The van der Waals surface area contributed by atoms with Gasteiger partial charge in [-0.05, 0) is 25.1 Å². The highest BCUT2D eigenvalue weighted by molar-refractivity contribution is 6.31. The summed E-state index contributed by atoms with van der Waals surface area (Å²) in [6, 6.07) is 5.48. The Labute approximate surface area is 125 Å².